The molecule has 0 radical (unpaired) electrons. The minimum absolute atomic E-state index is 0.0772. The summed E-state index contributed by atoms with van der Waals surface area (Å²) in [6.07, 6.45) is 0.962. The van der Waals surface area contributed by atoms with Crippen molar-refractivity contribution in [3.8, 4) is 0 Å². The second-order valence-electron chi connectivity index (χ2n) is 4.49. The quantitative estimate of drug-likeness (QED) is 0.828. The van der Waals surface area contributed by atoms with E-state index in [1.165, 1.54) is 18.2 Å². The van der Waals surface area contributed by atoms with E-state index in [-0.39, 0.29) is 11.5 Å². The molecule has 0 fully saturated rings. The molecule has 18 heavy (non-hydrogen) atoms. The van der Waals surface area contributed by atoms with Gasteiger partial charge in [-0.15, -0.1) is 0 Å². The summed E-state index contributed by atoms with van der Waals surface area (Å²) in [4.78, 5) is 0. The first kappa shape index (κ1) is 15.1. The Hall–Kier alpha value is -0.940. The fourth-order valence-corrected chi connectivity index (χ4v) is 2.82. The van der Waals surface area contributed by atoms with Crippen LogP contribution in [0.15, 0.2) is 24.3 Å². The molecule has 1 N–H and O–H groups in total. The summed E-state index contributed by atoms with van der Waals surface area (Å²) in [6.45, 7) is 4.49. The molecule has 0 aromatic heterocycles. The lowest BCUT2D eigenvalue weighted by molar-refractivity contribution is 0.544. The van der Waals surface area contributed by atoms with Crippen LogP contribution in [0.5, 0.6) is 0 Å². The van der Waals surface area contributed by atoms with Crippen LogP contribution in [0.25, 0.3) is 0 Å². The van der Waals surface area contributed by atoms with E-state index in [9.17, 15) is 12.8 Å². The van der Waals surface area contributed by atoms with Gasteiger partial charge in [-0.3, -0.25) is 0 Å². The lowest BCUT2D eigenvalue weighted by Crippen LogP contribution is -2.30. The maximum absolute atomic E-state index is 12.9. The standard InChI is InChI=1S/C13H20FNO2S/c1-3-11(2)15-7-8-18(16,17)10-12-5-4-6-13(14)9-12/h4-6,9,11,15H,3,7-8,10H2,1-2H3. The summed E-state index contributed by atoms with van der Waals surface area (Å²) >= 11 is 0. The second-order valence-corrected chi connectivity index (χ2v) is 6.67. The molecule has 0 amide bonds. The average Bonchev–Trinajstić information content (AvgIpc) is 2.27. The van der Waals surface area contributed by atoms with Crippen LogP contribution < -0.4 is 5.32 Å². The Labute approximate surface area is 108 Å². The van der Waals surface area contributed by atoms with Crippen LogP contribution in [0, 0.1) is 5.82 Å². The van der Waals surface area contributed by atoms with Crippen LogP contribution in [0.2, 0.25) is 0 Å². The minimum atomic E-state index is -3.18. The molecule has 1 rings (SSSR count). The Morgan fingerprint density at radius 1 is 1.39 bits per heavy atom. The van der Waals surface area contributed by atoms with E-state index in [2.05, 4.69) is 5.32 Å². The lowest BCUT2D eigenvalue weighted by atomic mass is 10.2. The first-order valence-corrected chi connectivity index (χ1v) is 7.93. The summed E-state index contributed by atoms with van der Waals surface area (Å²) in [5.41, 5.74) is 0.499. The van der Waals surface area contributed by atoms with Gasteiger partial charge in [0.1, 0.15) is 5.82 Å². The Morgan fingerprint density at radius 2 is 2.11 bits per heavy atom. The number of hydrogen-bond donors (Lipinski definition) is 1. The van der Waals surface area contributed by atoms with E-state index in [1.807, 2.05) is 13.8 Å². The molecule has 0 aliphatic rings. The molecule has 0 saturated carbocycles. The Bertz CT molecular complexity index is 474. The van der Waals surface area contributed by atoms with Gasteiger partial charge in [0.05, 0.1) is 11.5 Å². The van der Waals surface area contributed by atoms with E-state index in [0.717, 1.165) is 6.42 Å². The zero-order valence-electron chi connectivity index (χ0n) is 10.8. The number of halogens is 1. The largest absolute Gasteiger partial charge is 0.313 e. The topological polar surface area (TPSA) is 46.2 Å². The molecular formula is C13H20FNO2S. The Balaban J connectivity index is 2.50. The summed E-state index contributed by atoms with van der Waals surface area (Å²) in [5.74, 6) is -0.429. The van der Waals surface area contributed by atoms with Gasteiger partial charge >= 0.3 is 0 Å². The second kappa shape index (κ2) is 6.85. The van der Waals surface area contributed by atoms with Gasteiger partial charge < -0.3 is 5.32 Å². The summed E-state index contributed by atoms with van der Waals surface area (Å²) < 4.78 is 36.6. The smallest absolute Gasteiger partial charge is 0.155 e. The number of sulfone groups is 1. The van der Waals surface area contributed by atoms with Crippen molar-refractivity contribution in [2.45, 2.75) is 32.1 Å². The van der Waals surface area contributed by atoms with Crippen molar-refractivity contribution in [3.05, 3.63) is 35.6 Å². The normalized spacial score (nSPS) is 13.5. The molecule has 0 bridgehead atoms. The van der Waals surface area contributed by atoms with Gasteiger partial charge in [-0.1, -0.05) is 19.1 Å². The summed E-state index contributed by atoms with van der Waals surface area (Å²) in [7, 11) is -3.18. The van der Waals surface area contributed by atoms with E-state index < -0.39 is 15.7 Å². The number of rotatable bonds is 7. The summed E-state index contributed by atoms with van der Waals surface area (Å²) in [6, 6.07) is 6.04. The predicted molar refractivity (Wildman–Crippen MR) is 71.6 cm³/mol. The van der Waals surface area contributed by atoms with Crippen LogP contribution in [0.4, 0.5) is 4.39 Å². The van der Waals surface area contributed by atoms with Gasteiger partial charge in [0.15, 0.2) is 9.84 Å². The number of nitrogens with one attached hydrogen (secondary N) is 1. The number of hydrogen-bond acceptors (Lipinski definition) is 3. The van der Waals surface area contributed by atoms with Crippen LogP contribution in [0.3, 0.4) is 0 Å². The highest BCUT2D eigenvalue weighted by Crippen LogP contribution is 2.08. The third kappa shape index (κ3) is 5.60. The molecule has 0 saturated heterocycles. The highest BCUT2D eigenvalue weighted by atomic mass is 32.2. The molecule has 0 aliphatic carbocycles. The molecule has 0 spiro atoms. The molecule has 1 atom stereocenters. The highest BCUT2D eigenvalue weighted by Gasteiger charge is 2.12. The SMILES string of the molecule is CCC(C)NCCS(=O)(=O)Cc1cccc(F)c1. The molecule has 1 aromatic rings. The van der Waals surface area contributed by atoms with Crippen molar-refractivity contribution in [1.82, 2.24) is 5.32 Å². The van der Waals surface area contributed by atoms with Crippen molar-refractivity contribution >= 4 is 9.84 Å². The van der Waals surface area contributed by atoms with Crippen LogP contribution in [-0.4, -0.2) is 26.8 Å². The Kier molecular flexibility index (Phi) is 5.75. The maximum Gasteiger partial charge on any atom is 0.155 e. The first-order chi connectivity index (χ1) is 8.43. The third-order valence-electron chi connectivity index (χ3n) is 2.79. The predicted octanol–water partition coefficient (Wildman–Crippen LogP) is 2.13. The van der Waals surface area contributed by atoms with Crippen molar-refractivity contribution in [3.63, 3.8) is 0 Å². The highest BCUT2D eigenvalue weighted by molar-refractivity contribution is 7.90. The van der Waals surface area contributed by atoms with E-state index in [4.69, 9.17) is 0 Å². The van der Waals surface area contributed by atoms with Gasteiger partial charge in [-0.2, -0.15) is 0 Å². The van der Waals surface area contributed by atoms with Crippen molar-refractivity contribution in [2.75, 3.05) is 12.3 Å². The summed E-state index contributed by atoms with van der Waals surface area (Å²) in [5, 5.41) is 3.13. The van der Waals surface area contributed by atoms with Gasteiger partial charge in [0, 0.05) is 12.6 Å². The van der Waals surface area contributed by atoms with Crippen molar-refractivity contribution < 1.29 is 12.8 Å². The van der Waals surface area contributed by atoms with Crippen molar-refractivity contribution in [2.24, 2.45) is 0 Å². The maximum atomic E-state index is 12.9. The molecule has 102 valence electrons. The number of benzene rings is 1. The zero-order chi connectivity index (χ0) is 13.6. The molecule has 3 nitrogen and oxygen atoms in total. The average molecular weight is 273 g/mol. The zero-order valence-corrected chi connectivity index (χ0v) is 11.6. The van der Waals surface area contributed by atoms with Crippen molar-refractivity contribution in [1.29, 1.82) is 0 Å². The molecule has 1 aromatic carbocycles. The third-order valence-corrected chi connectivity index (χ3v) is 4.39. The van der Waals surface area contributed by atoms with Crippen LogP contribution in [0.1, 0.15) is 25.8 Å². The molecule has 0 aliphatic heterocycles. The fourth-order valence-electron chi connectivity index (χ4n) is 1.56. The molecule has 5 heteroatoms. The fraction of sp³-hybridized carbons (Fsp3) is 0.538. The van der Waals surface area contributed by atoms with Gasteiger partial charge in [-0.25, -0.2) is 12.8 Å². The first-order valence-electron chi connectivity index (χ1n) is 6.11. The van der Waals surface area contributed by atoms with E-state index in [0.29, 0.717) is 18.2 Å². The monoisotopic (exact) mass is 273 g/mol. The van der Waals surface area contributed by atoms with Gasteiger partial charge in [-0.05, 0) is 31.0 Å². The van der Waals surface area contributed by atoms with Crippen LogP contribution in [-0.2, 0) is 15.6 Å². The lowest BCUT2D eigenvalue weighted by Gasteiger charge is -2.11. The molecular weight excluding hydrogens is 253 g/mol. The minimum Gasteiger partial charge on any atom is -0.313 e. The van der Waals surface area contributed by atoms with Gasteiger partial charge in [0.25, 0.3) is 0 Å². The van der Waals surface area contributed by atoms with E-state index >= 15 is 0 Å². The van der Waals surface area contributed by atoms with Crippen LogP contribution >= 0.6 is 0 Å². The Morgan fingerprint density at radius 3 is 2.72 bits per heavy atom. The molecule has 1 unspecified atom stereocenters. The molecule has 0 heterocycles. The van der Waals surface area contributed by atoms with Gasteiger partial charge in [0.2, 0.25) is 0 Å². The van der Waals surface area contributed by atoms with E-state index in [1.54, 1.807) is 6.07 Å².